The first-order chi connectivity index (χ1) is 5.07. The predicted molar refractivity (Wildman–Crippen MR) is 48.2 cm³/mol. The van der Waals surface area contributed by atoms with Crippen LogP contribution in [0.2, 0.25) is 0 Å². The largest absolute Gasteiger partial charge is 0.396 e. The summed E-state index contributed by atoms with van der Waals surface area (Å²) in [5, 5.41) is 8.67. The van der Waals surface area contributed by atoms with Crippen molar-refractivity contribution in [3.05, 3.63) is 24.3 Å². The van der Waals surface area contributed by atoms with Crippen LogP contribution < -0.4 is 5.73 Å². The number of hydrogen-bond acceptors (Lipinski definition) is 2. The molecule has 2 nitrogen and oxygen atoms in total. The van der Waals surface area contributed by atoms with Crippen molar-refractivity contribution < 1.29 is 5.11 Å². The average molecular weight is 155 g/mol. The van der Waals surface area contributed by atoms with E-state index in [0.717, 1.165) is 5.57 Å². The molecule has 0 aliphatic carbocycles. The van der Waals surface area contributed by atoms with Crippen LogP contribution in [-0.2, 0) is 0 Å². The third-order valence-electron chi connectivity index (χ3n) is 1.51. The van der Waals surface area contributed by atoms with Crippen molar-refractivity contribution in [1.82, 2.24) is 0 Å². The first-order valence-electron chi connectivity index (χ1n) is 3.81. The highest BCUT2D eigenvalue weighted by Gasteiger charge is 1.96. The smallest absolute Gasteiger partial charge is 0.0491 e. The Morgan fingerprint density at radius 3 is 2.55 bits per heavy atom. The molecular formula is C9H17NO. The lowest BCUT2D eigenvalue weighted by atomic mass is 10.1. The number of aliphatic hydroxyl groups is 1. The van der Waals surface area contributed by atoms with Crippen molar-refractivity contribution in [3.63, 3.8) is 0 Å². The molecule has 2 unspecified atom stereocenters. The standard InChI is InChI=1S/C9H17NO/c1-7(6-11)4-5-8(2)9(3)10/h4-5,7,9,11H,2,6,10H2,1,3H3/b5-4-. The minimum absolute atomic E-state index is 0.00265. The van der Waals surface area contributed by atoms with E-state index in [0.29, 0.717) is 0 Å². The van der Waals surface area contributed by atoms with Crippen LogP contribution >= 0.6 is 0 Å². The molecule has 0 aliphatic rings. The molecule has 0 saturated carbocycles. The van der Waals surface area contributed by atoms with E-state index in [1.165, 1.54) is 0 Å². The molecule has 0 aromatic heterocycles. The molecule has 0 amide bonds. The van der Waals surface area contributed by atoms with Gasteiger partial charge in [0.15, 0.2) is 0 Å². The summed E-state index contributed by atoms with van der Waals surface area (Å²) in [6.45, 7) is 7.76. The van der Waals surface area contributed by atoms with E-state index in [4.69, 9.17) is 10.8 Å². The fourth-order valence-electron chi connectivity index (χ4n) is 0.501. The normalized spacial score (nSPS) is 16.7. The maximum Gasteiger partial charge on any atom is 0.0491 e. The molecule has 0 saturated heterocycles. The number of nitrogens with two attached hydrogens (primary N) is 1. The van der Waals surface area contributed by atoms with Crippen LogP contribution in [0.4, 0.5) is 0 Å². The molecule has 64 valence electrons. The first-order valence-corrected chi connectivity index (χ1v) is 3.81. The van der Waals surface area contributed by atoms with E-state index in [2.05, 4.69) is 6.58 Å². The molecule has 0 aromatic carbocycles. The molecule has 0 bridgehead atoms. The van der Waals surface area contributed by atoms with Crippen LogP contribution in [-0.4, -0.2) is 17.8 Å². The van der Waals surface area contributed by atoms with Crippen LogP contribution in [0.15, 0.2) is 24.3 Å². The third kappa shape index (κ3) is 4.76. The van der Waals surface area contributed by atoms with Gasteiger partial charge >= 0.3 is 0 Å². The summed E-state index contributed by atoms with van der Waals surface area (Å²) < 4.78 is 0. The quantitative estimate of drug-likeness (QED) is 0.597. The second-order valence-corrected chi connectivity index (χ2v) is 2.88. The topological polar surface area (TPSA) is 46.2 Å². The van der Waals surface area contributed by atoms with Gasteiger partial charge in [-0.15, -0.1) is 0 Å². The zero-order chi connectivity index (χ0) is 8.85. The van der Waals surface area contributed by atoms with Crippen molar-refractivity contribution in [2.45, 2.75) is 19.9 Å². The first kappa shape index (κ1) is 10.4. The minimum Gasteiger partial charge on any atom is -0.396 e. The van der Waals surface area contributed by atoms with Gasteiger partial charge in [-0.3, -0.25) is 0 Å². The molecule has 11 heavy (non-hydrogen) atoms. The van der Waals surface area contributed by atoms with Gasteiger partial charge in [0.05, 0.1) is 0 Å². The lowest BCUT2D eigenvalue weighted by Gasteiger charge is -2.04. The Kier molecular flexibility index (Phi) is 4.83. The highest BCUT2D eigenvalue weighted by atomic mass is 16.3. The molecule has 0 aliphatic heterocycles. The molecule has 0 radical (unpaired) electrons. The summed E-state index contributed by atoms with van der Waals surface area (Å²) in [5.41, 5.74) is 6.44. The van der Waals surface area contributed by atoms with Gasteiger partial charge in [-0.25, -0.2) is 0 Å². The summed E-state index contributed by atoms with van der Waals surface area (Å²) in [6, 6.07) is -0.00265. The molecule has 0 spiro atoms. The van der Waals surface area contributed by atoms with Crippen molar-refractivity contribution in [2.24, 2.45) is 11.7 Å². The van der Waals surface area contributed by atoms with Gasteiger partial charge in [-0.1, -0.05) is 25.7 Å². The summed E-state index contributed by atoms with van der Waals surface area (Å²) in [5.74, 6) is 0.186. The van der Waals surface area contributed by atoms with Crippen molar-refractivity contribution >= 4 is 0 Å². The molecular weight excluding hydrogens is 138 g/mol. The monoisotopic (exact) mass is 155 g/mol. The maximum absolute atomic E-state index is 8.67. The van der Waals surface area contributed by atoms with E-state index in [-0.39, 0.29) is 18.6 Å². The van der Waals surface area contributed by atoms with E-state index in [9.17, 15) is 0 Å². The highest BCUT2D eigenvalue weighted by Crippen LogP contribution is 2.01. The van der Waals surface area contributed by atoms with Crippen LogP contribution in [0, 0.1) is 5.92 Å². The Bertz CT molecular complexity index is 150. The third-order valence-corrected chi connectivity index (χ3v) is 1.51. The Balaban J connectivity index is 3.83. The van der Waals surface area contributed by atoms with Gasteiger partial charge in [-0.05, 0) is 18.4 Å². The van der Waals surface area contributed by atoms with E-state index >= 15 is 0 Å². The molecule has 2 atom stereocenters. The molecule has 3 N–H and O–H groups in total. The zero-order valence-corrected chi connectivity index (χ0v) is 7.25. The van der Waals surface area contributed by atoms with Crippen LogP contribution in [0.3, 0.4) is 0 Å². The van der Waals surface area contributed by atoms with Crippen molar-refractivity contribution in [1.29, 1.82) is 0 Å². The number of hydrogen-bond donors (Lipinski definition) is 2. The number of rotatable bonds is 4. The second-order valence-electron chi connectivity index (χ2n) is 2.88. The highest BCUT2D eigenvalue weighted by molar-refractivity contribution is 5.19. The van der Waals surface area contributed by atoms with Gasteiger partial charge in [0.1, 0.15) is 0 Å². The van der Waals surface area contributed by atoms with E-state index < -0.39 is 0 Å². The Morgan fingerprint density at radius 2 is 2.18 bits per heavy atom. The van der Waals surface area contributed by atoms with Crippen molar-refractivity contribution in [3.8, 4) is 0 Å². The average Bonchev–Trinajstić information content (AvgIpc) is 1.99. The fraction of sp³-hybridized carbons (Fsp3) is 0.556. The van der Waals surface area contributed by atoms with Gasteiger partial charge in [0.2, 0.25) is 0 Å². The lowest BCUT2D eigenvalue weighted by Crippen LogP contribution is -2.15. The molecule has 0 fully saturated rings. The minimum atomic E-state index is -0.00265. The maximum atomic E-state index is 8.67. The van der Waals surface area contributed by atoms with E-state index in [1.54, 1.807) is 0 Å². The Labute approximate surface area is 68.4 Å². The second kappa shape index (κ2) is 5.10. The van der Waals surface area contributed by atoms with Gasteiger partial charge in [-0.2, -0.15) is 0 Å². The summed E-state index contributed by atoms with van der Waals surface area (Å²) in [4.78, 5) is 0. The molecule has 0 aromatic rings. The summed E-state index contributed by atoms with van der Waals surface area (Å²) in [7, 11) is 0. The SMILES string of the molecule is C=C(/C=C\C(C)CO)C(C)N. The molecule has 2 heteroatoms. The molecule has 0 rings (SSSR count). The van der Waals surface area contributed by atoms with Gasteiger partial charge in [0, 0.05) is 12.6 Å². The zero-order valence-electron chi connectivity index (χ0n) is 7.25. The Morgan fingerprint density at radius 1 is 1.64 bits per heavy atom. The van der Waals surface area contributed by atoms with Crippen LogP contribution in [0.5, 0.6) is 0 Å². The van der Waals surface area contributed by atoms with Crippen LogP contribution in [0.1, 0.15) is 13.8 Å². The van der Waals surface area contributed by atoms with Crippen molar-refractivity contribution in [2.75, 3.05) is 6.61 Å². The summed E-state index contributed by atoms with van der Waals surface area (Å²) >= 11 is 0. The molecule has 0 heterocycles. The predicted octanol–water partition coefficient (Wildman–Crippen LogP) is 1.07. The summed E-state index contributed by atoms with van der Waals surface area (Å²) in [6.07, 6.45) is 3.78. The van der Waals surface area contributed by atoms with Crippen LogP contribution in [0.25, 0.3) is 0 Å². The fourth-order valence-corrected chi connectivity index (χ4v) is 0.501. The van der Waals surface area contributed by atoms with E-state index in [1.807, 2.05) is 26.0 Å². The van der Waals surface area contributed by atoms with Gasteiger partial charge < -0.3 is 10.8 Å². The lowest BCUT2D eigenvalue weighted by molar-refractivity contribution is 0.262. The number of aliphatic hydroxyl groups excluding tert-OH is 1. The van der Waals surface area contributed by atoms with Gasteiger partial charge in [0.25, 0.3) is 0 Å². The Hall–Kier alpha value is -0.600.